The van der Waals surface area contributed by atoms with Crippen molar-refractivity contribution in [3.05, 3.63) is 18.0 Å². The fraction of sp³-hybridized carbons (Fsp3) is 0.636. The highest BCUT2D eigenvalue weighted by Crippen LogP contribution is 2.24. The molecule has 1 aromatic rings. The van der Waals surface area contributed by atoms with Crippen molar-refractivity contribution in [1.29, 1.82) is 0 Å². The summed E-state index contributed by atoms with van der Waals surface area (Å²) < 4.78 is 1.59. The molecule has 1 aliphatic rings. The van der Waals surface area contributed by atoms with Gasteiger partial charge in [-0.15, -0.1) is 12.4 Å². The van der Waals surface area contributed by atoms with E-state index in [4.69, 9.17) is 5.73 Å². The van der Waals surface area contributed by atoms with Crippen LogP contribution in [0.5, 0.6) is 0 Å². The molecule has 0 saturated heterocycles. The van der Waals surface area contributed by atoms with E-state index in [1.807, 2.05) is 0 Å². The highest BCUT2D eigenvalue weighted by molar-refractivity contribution is 5.92. The van der Waals surface area contributed by atoms with E-state index in [1.165, 1.54) is 0 Å². The summed E-state index contributed by atoms with van der Waals surface area (Å²) >= 11 is 0. The summed E-state index contributed by atoms with van der Waals surface area (Å²) in [5, 5.41) is 7.03. The summed E-state index contributed by atoms with van der Waals surface area (Å²) in [7, 11) is 1.77. The zero-order valence-electron chi connectivity index (χ0n) is 9.93. The Hall–Kier alpha value is -1.07. The van der Waals surface area contributed by atoms with E-state index in [9.17, 15) is 4.79 Å². The molecular weight excluding hydrogens is 240 g/mol. The number of carbonyl (C=O) groups is 1. The number of nitrogens with zero attached hydrogens (tertiary/aromatic N) is 2. The molecule has 1 aromatic heterocycles. The molecule has 2 atom stereocenters. The normalized spacial score (nSPS) is 23.2. The molecule has 96 valence electrons. The summed E-state index contributed by atoms with van der Waals surface area (Å²) in [4.78, 5) is 11.9. The Bertz CT molecular complexity index is 379. The number of rotatable bonds is 3. The first-order valence-electron chi connectivity index (χ1n) is 5.71. The lowest BCUT2D eigenvalue weighted by Gasteiger charge is -2.19. The Morgan fingerprint density at radius 2 is 2.41 bits per heavy atom. The Kier molecular flexibility index (Phi) is 4.96. The van der Waals surface area contributed by atoms with Crippen molar-refractivity contribution in [2.75, 3.05) is 6.54 Å². The minimum Gasteiger partial charge on any atom is -0.348 e. The molecule has 17 heavy (non-hydrogen) atoms. The first-order chi connectivity index (χ1) is 7.72. The molecule has 0 aromatic carbocycles. The highest BCUT2D eigenvalue weighted by Gasteiger charge is 2.28. The predicted molar refractivity (Wildman–Crippen MR) is 68.1 cm³/mol. The third-order valence-electron chi connectivity index (χ3n) is 3.33. The summed E-state index contributed by atoms with van der Waals surface area (Å²) in [6.45, 7) is 0.649. The van der Waals surface area contributed by atoms with Crippen molar-refractivity contribution in [2.45, 2.75) is 25.3 Å². The van der Waals surface area contributed by atoms with Crippen LogP contribution >= 0.6 is 12.4 Å². The molecule has 1 amide bonds. The average molecular weight is 259 g/mol. The van der Waals surface area contributed by atoms with E-state index in [1.54, 1.807) is 24.0 Å². The number of halogens is 1. The zero-order chi connectivity index (χ0) is 11.5. The second-order valence-electron chi connectivity index (χ2n) is 4.35. The third-order valence-corrected chi connectivity index (χ3v) is 3.33. The summed E-state index contributed by atoms with van der Waals surface area (Å²) in [5.74, 6) is 0.377. The van der Waals surface area contributed by atoms with E-state index in [-0.39, 0.29) is 24.4 Å². The molecule has 0 spiro atoms. The highest BCUT2D eigenvalue weighted by atomic mass is 35.5. The Morgan fingerprint density at radius 1 is 1.65 bits per heavy atom. The zero-order valence-corrected chi connectivity index (χ0v) is 10.7. The first-order valence-corrected chi connectivity index (χ1v) is 5.71. The van der Waals surface area contributed by atoms with Crippen LogP contribution < -0.4 is 11.1 Å². The van der Waals surface area contributed by atoms with Gasteiger partial charge in [-0.3, -0.25) is 9.48 Å². The van der Waals surface area contributed by atoms with Gasteiger partial charge in [0.1, 0.15) is 5.69 Å². The van der Waals surface area contributed by atoms with Crippen molar-refractivity contribution in [3.63, 3.8) is 0 Å². The van der Waals surface area contributed by atoms with Gasteiger partial charge in [0.25, 0.3) is 5.91 Å². The van der Waals surface area contributed by atoms with Gasteiger partial charge in [0.2, 0.25) is 0 Å². The standard InChI is InChI=1S/C11H18N4O.ClH/c1-15-10(5-6-13-15)11(16)14-9-4-2-3-8(9)7-12;/h5-6,8-9H,2-4,7,12H2,1H3,(H,14,16);1H. The van der Waals surface area contributed by atoms with Crippen LogP contribution in [0.1, 0.15) is 29.8 Å². The summed E-state index contributed by atoms with van der Waals surface area (Å²) in [6, 6.07) is 1.95. The number of amides is 1. The maximum absolute atomic E-state index is 11.9. The van der Waals surface area contributed by atoms with Crippen LogP contribution in [-0.4, -0.2) is 28.3 Å². The largest absolute Gasteiger partial charge is 0.348 e. The number of carbonyl (C=O) groups excluding carboxylic acids is 1. The average Bonchev–Trinajstić information content (AvgIpc) is 2.86. The van der Waals surface area contributed by atoms with E-state index < -0.39 is 0 Å². The van der Waals surface area contributed by atoms with Crippen LogP contribution in [-0.2, 0) is 7.05 Å². The maximum Gasteiger partial charge on any atom is 0.269 e. The molecule has 0 aliphatic heterocycles. The molecule has 3 N–H and O–H groups in total. The van der Waals surface area contributed by atoms with Gasteiger partial charge in [0.15, 0.2) is 0 Å². The van der Waals surface area contributed by atoms with Crippen LogP contribution in [0, 0.1) is 5.92 Å². The molecular formula is C11H19ClN4O. The maximum atomic E-state index is 11.9. The second-order valence-corrected chi connectivity index (χ2v) is 4.35. The van der Waals surface area contributed by atoms with Gasteiger partial charge in [-0.1, -0.05) is 6.42 Å². The lowest BCUT2D eigenvalue weighted by atomic mass is 10.0. The number of nitrogens with one attached hydrogen (secondary N) is 1. The van der Waals surface area contributed by atoms with Crippen LogP contribution in [0.15, 0.2) is 12.3 Å². The van der Waals surface area contributed by atoms with E-state index in [0.29, 0.717) is 18.2 Å². The smallest absolute Gasteiger partial charge is 0.269 e. The molecule has 1 aliphatic carbocycles. The monoisotopic (exact) mass is 258 g/mol. The fourth-order valence-electron chi connectivity index (χ4n) is 2.35. The molecule has 0 bridgehead atoms. The lowest BCUT2D eigenvalue weighted by Crippen LogP contribution is -2.40. The van der Waals surface area contributed by atoms with Crippen LogP contribution in [0.3, 0.4) is 0 Å². The van der Waals surface area contributed by atoms with Crippen molar-refractivity contribution in [3.8, 4) is 0 Å². The lowest BCUT2D eigenvalue weighted by molar-refractivity contribution is 0.0919. The van der Waals surface area contributed by atoms with Crippen LogP contribution in [0.25, 0.3) is 0 Å². The number of aromatic nitrogens is 2. The van der Waals surface area contributed by atoms with Gasteiger partial charge in [0, 0.05) is 19.3 Å². The van der Waals surface area contributed by atoms with Crippen molar-refractivity contribution in [2.24, 2.45) is 18.7 Å². The minimum atomic E-state index is -0.0506. The number of aryl methyl sites for hydroxylation is 1. The Morgan fingerprint density at radius 3 is 3.00 bits per heavy atom. The predicted octanol–water partition coefficient (Wildman–Crippen LogP) is 0.699. The molecule has 1 saturated carbocycles. The molecule has 1 heterocycles. The van der Waals surface area contributed by atoms with Crippen molar-refractivity contribution in [1.82, 2.24) is 15.1 Å². The molecule has 2 unspecified atom stereocenters. The van der Waals surface area contributed by atoms with E-state index in [2.05, 4.69) is 10.4 Å². The van der Waals surface area contributed by atoms with Gasteiger partial charge in [-0.05, 0) is 31.4 Å². The quantitative estimate of drug-likeness (QED) is 0.838. The van der Waals surface area contributed by atoms with Crippen molar-refractivity contribution >= 4 is 18.3 Å². The Labute approximate surface area is 107 Å². The topological polar surface area (TPSA) is 72.9 Å². The summed E-state index contributed by atoms with van der Waals surface area (Å²) in [6.07, 6.45) is 4.93. The van der Waals surface area contributed by atoms with Crippen LogP contribution in [0.4, 0.5) is 0 Å². The fourth-order valence-corrected chi connectivity index (χ4v) is 2.35. The molecule has 6 heteroatoms. The Balaban J connectivity index is 0.00000144. The van der Waals surface area contributed by atoms with Crippen LogP contribution in [0.2, 0.25) is 0 Å². The first kappa shape index (κ1) is 14.0. The second kappa shape index (κ2) is 6.02. The minimum absolute atomic E-state index is 0. The van der Waals surface area contributed by atoms with Crippen molar-refractivity contribution < 1.29 is 4.79 Å². The van der Waals surface area contributed by atoms with E-state index in [0.717, 1.165) is 19.3 Å². The molecule has 5 nitrogen and oxygen atoms in total. The number of hydrogen-bond donors (Lipinski definition) is 2. The number of hydrogen-bond acceptors (Lipinski definition) is 3. The molecule has 1 fully saturated rings. The van der Waals surface area contributed by atoms with Gasteiger partial charge >= 0.3 is 0 Å². The van der Waals surface area contributed by atoms with Gasteiger partial charge < -0.3 is 11.1 Å². The third kappa shape index (κ3) is 2.98. The SMILES string of the molecule is Cl.Cn1nccc1C(=O)NC1CCCC1CN. The van der Waals surface area contributed by atoms with Gasteiger partial charge in [-0.2, -0.15) is 5.10 Å². The van der Waals surface area contributed by atoms with Gasteiger partial charge in [-0.25, -0.2) is 0 Å². The number of nitrogens with two attached hydrogens (primary N) is 1. The molecule has 0 radical (unpaired) electrons. The van der Waals surface area contributed by atoms with E-state index >= 15 is 0 Å². The molecule has 2 rings (SSSR count). The summed E-state index contributed by atoms with van der Waals surface area (Å²) in [5.41, 5.74) is 6.28. The van der Waals surface area contributed by atoms with Gasteiger partial charge in [0.05, 0.1) is 0 Å².